The molecule has 1 aliphatic rings. The molecule has 22 heavy (non-hydrogen) atoms. The van der Waals surface area contributed by atoms with Crippen LogP contribution in [0.1, 0.15) is 25.8 Å². The summed E-state index contributed by atoms with van der Waals surface area (Å²) in [5.74, 6) is 0.714. The van der Waals surface area contributed by atoms with E-state index in [0.717, 1.165) is 31.9 Å². The Balaban J connectivity index is 1.59. The number of hydrogen-bond acceptors (Lipinski definition) is 5. The molecule has 0 saturated carbocycles. The van der Waals surface area contributed by atoms with Gasteiger partial charge < -0.3 is 10.2 Å². The number of carbonyl (C=O) groups is 1. The smallest absolute Gasteiger partial charge is 0.244 e. The van der Waals surface area contributed by atoms with Crippen molar-refractivity contribution >= 4 is 11.9 Å². The maximum Gasteiger partial charge on any atom is 0.244 e. The molecule has 1 N–H and O–H groups in total. The lowest BCUT2D eigenvalue weighted by Gasteiger charge is -2.33. The summed E-state index contributed by atoms with van der Waals surface area (Å²) in [6.45, 7) is 3.51. The highest BCUT2D eigenvalue weighted by Crippen LogP contribution is 2.16. The van der Waals surface area contributed by atoms with E-state index < -0.39 is 0 Å². The van der Waals surface area contributed by atoms with Gasteiger partial charge in [-0.25, -0.2) is 9.97 Å². The summed E-state index contributed by atoms with van der Waals surface area (Å²) < 4.78 is 1.66. The second-order valence-electron chi connectivity index (χ2n) is 5.50. The Bertz CT molecular complexity index is 600. The third-order valence-corrected chi connectivity index (χ3v) is 3.90. The molecule has 0 radical (unpaired) electrons. The molecule has 0 spiro atoms. The number of piperidine rings is 1. The van der Waals surface area contributed by atoms with Crippen molar-refractivity contribution in [3.8, 4) is 0 Å². The van der Waals surface area contributed by atoms with Gasteiger partial charge in [0.1, 0.15) is 6.04 Å². The molecular weight excluding hydrogens is 280 g/mol. The van der Waals surface area contributed by atoms with Gasteiger partial charge in [0.25, 0.3) is 0 Å². The Morgan fingerprint density at radius 2 is 2.14 bits per heavy atom. The van der Waals surface area contributed by atoms with Crippen molar-refractivity contribution in [1.82, 2.24) is 25.1 Å². The van der Waals surface area contributed by atoms with Crippen LogP contribution < -0.4 is 10.2 Å². The fourth-order valence-corrected chi connectivity index (χ4v) is 2.68. The quantitative estimate of drug-likeness (QED) is 0.912. The van der Waals surface area contributed by atoms with E-state index in [4.69, 9.17) is 0 Å². The van der Waals surface area contributed by atoms with Crippen molar-refractivity contribution in [2.45, 2.75) is 31.8 Å². The molecule has 2 atom stereocenters. The minimum absolute atomic E-state index is 0.00969. The second kappa shape index (κ2) is 6.55. The standard InChI is InChI=1S/C15H20N6O/c1-12(21-10-4-8-18-21)14(22)19-13-5-2-9-20(11-13)15-16-6-3-7-17-15/h3-4,6-8,10,12-13H,2,5,9,11H2,1H3,(H,19,22). The average Bonchev–Trinajstić information content (AvgIpc) is 3.09. The summed E-state index contributed by atoms with van der Waals surface area (Å²) in [7, 11) is 0. The summed E-state index contributed by atoms with van der Waals surface area (Å²) in [4.78, 5) is 23.0. The van der Waals surface area contributed by atoms with E-state index in [1.807, 2.05) is 13.0 Å². The second-order valence-corrected chi connectivity index (χ2v) is 5.50. The number of rotatable bonds is 4. The topological polar surface area (TPSA) is 75.9 Å². The molecule has 0 aliphatic carbocycles. The molecule has 2 unspecified atom stereocenters. The van der Waals surface area contributed by atoms with E-state index in [-0.39, 0.29) is 18.0 Å². The molecule has 0 aromatic carbocycles. The first-order valence-corrected chi connectivity index (χ1v) is 7.55. The summed E-state index contributed by atoms with van der Waals surface area (Å²) >= 11 is 0. The van der Waals surface area contributed by atoms with Crippen molar-refractivity contribution < 1.29 is 4.79 Å². The Hall–Kier alpha value is -2.44. The van der Waals surface area contributed by atoms with Crippen LogP contribution in [0.5, 0.6) is 0 Å². The van der Waals surface area contributed by atoms with E-state index in [9.17, 15) is 4.79 Å². The van der Waals surface area contributed by atoms with E-state index in [1.54, 1.807) is 35.5 Å². The molecule has 1 saturated heterocycles. The highest BCUT2D eigenvalue weighted by Gasteiger charge is 2.25. The van der Waals surface area contributed by atoms with Gasteiger partial charge in [0, 0.05) is 43.9 Å². The highest BCUT2D eigenvalue weighted by atomic mass is 16.2. The number of nitrogens with one attached hydrogen (secondary N) is 1. The van der Waals surface area contributed by atoms with Crippen molar-refractivity contribution in [1.29, 1.82) is 0 Å². The number of carbonyl (C=O) groups excluding carboxylic acids is 1. The van der Waals surface area contributed by atoms with Crippen LogP contribution >= 0.6 is 0 Å². The van der Waals surface area contributed by atoms with Gasteiger partial charge in [-0.1, -0.05) is 0 Å². The molecular formula is C15H20N6O. The first kappa shape index (κ1) is 14.5. The third kappa shape index (κ3) is 3.24. The molecule has 7 heteroatoms. The molecule has 1 amide bonds. The van der Waals surface area contributed by atoms with Gasteiger partial charge in [-0.15, -0.1) is 0 Å². The monoisotopic (exact) mass is 300 g/mol. The van der Waals surface area contributed by atoms with Crippen molar-refractivity contribution in [3.63, 3.8) is 0 Å². The number of anilines is 1. The molecule has 3 rings (SSSR count). The van der Waals surface area contributed by atoms with Crippen LogP contribution in [0.15, 0.2) is 36.9 Å². The first-order chi connectivity index (χ1) is 10.7. The number of hydrogen-bond donors (Lipinski definition) is 1. The summed E-state index contributed by atoms with van der Waals surface area (Å²) in [6.07, 6.45) is 8.95. The van der Waals surface area contributed by atoms with E-state index in [2.05, 4.69) is 25.3 Å². The minimum atomic E-state index is -0.307. The van der Waals surface area contributed by atoms with Gasteiger partial charge in [-0.3, -0.25) is 9.48 Å². The normalized spacial score (nSPS) is 19.7. The highest BCUT2D eigenvalue weighted by molar-refractivity contribution is 5.80. The van der Waals surface area contributed by atoms with Crippen molar-refractivity contribution in [2.24, 2.45) is 0 Å². The zero-order chi connectivity index (χ0) is 15.4. The number of nitrogens with zero attached hydrogens (tertiary/aromatic N) is 5. The lowest BCUT2D eigenvalue weighted by molar-refractivity contribution is -0.124. The van der Waals surface area contributed by atoms with Crippen LogP contribution in [0.4, 0.5) is 5.95 Å². The van der Waals surface area contributed by atoms with Gasteiger partial charge in [0.15, 0.2) is 0 Å². The lowest BCUT2D eigenvalue weighted by atomic mass is 10.1. The van der Waals surface area contributed by atoms with Gasteiger partial charge >= 0.3 is 0 Å². The van der Waals surface area contributed by atoms with Crippen LogP contribution in [0.3, 0.4) is 0 Å². The Labute approximate surface area is 129 Å². The lowest BCUT2D eigenvalue weighted by Crippen LogP contribution is -2.49. The number of aromatic nitrogens is 4. The largest absolute Gasteiger partial charge is 0.350 e. The third-order valence-electron chi connectivity index (χ3n) is 3.90. The molecule has 2 aromatic rings. The Morgan fingerprint density at radius 1 is 1.32 bits per heavy atom. The molecule has 2 aromatic heterocycles. The first-order valence-electron chi connectivity index (χ1n) is 7.55. The van der Waals surface area contributed by atoms with Crippen LogP contribution in [-0.2, 0) is 4.79 Å². The Kier molecular flexibility index (Phi) is 4.32. The zero-order valence-corrected chi connectivity index (χ0v) is 12.6. The maximum absolute atomic E-state index is 12.3. The SMILES string of the molecule is CC(C(=O)NC1CCCN(c2ncccn2)C1)n1cccn1. The fourth-order valence-electron chi connectivity index (χ4n) is 2.68. The number of amides is 1. The Morgan fingerprint density at radius 3 is 2.86 bits per heavy atom. The molecule has 0 bridgehead atoms. The van der Waals surface area contributed by atoms with Crippen LogP contribution in [0.25, 0.3) is 0 Å². The zero-order valence-electron chi connectivity index (χ0n) is 12.6. The van der Waals surface area contributed by atoms with Gasteiger partial charge in [0.05, 0.1) is 0 Å². The van der Waals surface area contributed by atoms with E-state index in [1.165, 1.54) is 0 Å². The summed E-state index contributed by atoms with van der Waals surface area (Å²) in [5.41, 5.74) is 0. The van der Waals surface area contributed by atoms with Crippen molar-refractivity contribution in [2.75, 3.05) is 18.0 Å². The van der Waals surface area contributed by atoms with Crippen molar-refractivity contribution in [3.05, 3.63) is 36.9 Å². The van der Waals surface area contributed by atoms with Gasteiger partial charge in [-0.2, -0.15) is 5.10 Å². The predicted molar refractivity (Wildman–Crippen MR) is 82.3 cm³/mol. The van der Waals surface area contributed by atoms with E-state index in [0.29, 0.717) is 0 Å². The maximum atomic E-state index is 12.3. The minimum Gasteiger partial charge on any atom is -0.350 e. The van der Waals surface area contributed by atoms with Crippen LogP contribution in [0, 0.1) is 0 Å². The molecule has 3 heterocycles. The molecule has 1 aliphatic heterocycles. The van der Waals surface area contributed by atoms with Crippen LogP contribution in [-0.4, -0.2) is 44.8 Å². The average molecular weight is 300 g/mol. The fraction of sp³-hybridized carbons (Fsp3) is 0.467. The predicted octanol–water partition coefficient (Wildman–Crippen LogP) is 1.02. The van der Waals surface area contributed by atoms with Gasteiger partial charge in [-0.05, 0) is 31.9 Å². The molecule has 116 valence electrons. The molecule has 7 nitrogen and oxygen atoms in total. The van der Waals surface area contributed by atoms with Crippen LogP contribution in [0.2, 0.25) is 0 Å². The molecule has 1 fully saturated rings. The van der Waals surface area contributed by atoms with E-state index >= 15 is 0 Å². The summed E-state index contributed by atoms with van der Waals surface area (Å²) in [5, 5.41) is 7.23. The summed E-state index contributed by atoms with van der Waals surface area (Å²) in [6, 6.07) is 3.43. The van der Waals surface area contributed by atoms with Gasteiger partial charge in [0.2, 0.25) is 11.9 Å².